The molecule has 0 N–H and O–H groups in total. The van der Waals surface area contributed by atoms with Crippen LogP contribution in [0.15, 0.2) is 297 Å². The molecule has 0 bridgehead atoms. The second-order valence-electron chi connectivity index (χ2n) is 19.2. The largest absolute Gasteiger partial charge is 0.310 e. The van der Waals surface area contributed by atoms with Gasteiger partial charge in [-0.1, -0.05) is 231 Å². The lowest BCUT2D eigenvalue weighted by atomic mass is 9.97. The Kier molecular flexibility index (Phi) is 10.5. The number of para-hydroxylation sites is 3. The highest BCUT2D eigenvalue weighted by Gasteiger charge is 2.52. The molecule has 4 heteroatoms. The van der Waals surface area contributed by atoms with E-state index in [0.717, 1.165) is 39.8 Å². The van der Waals surface area contributed by atoms with Crippen LogP contribution in [-0.2, 0) is 0 Å². The van der Waals surface area contributed by atoms with Crippen LogP contribution >= 0.6 is 0 Å². The van der Waals surface area contributed by atoms with Gasteiger partial charge in [0.25, 0.3) is 0 Å². The summed E-state index contributed by atoms with van der Waals surface area (Å²) in [5.41, 5.74) is 12.6. The normalized spacial score (nSPS) is 12.7. The topological polar surface area (TPSA) is 11.4 Å². The maximum Gasteiger partial charge on any atom is 0.187 e. The SMILES string of the molecule is c1ccc(N2c3ccccc3[Si](c3ccccc3)(c3ccccc3)c3c2n(-c2ccccc2)c2cccc(N(c4ccc(-c5cccc6ccccc56)cc4)c4ccc(-c5cccc6ccccc56)cc4)c32)cc1. The minimum atomic E-state index is -3.25. The third kappa shape index (κ3) is 6.87. The van der Waals surface area contributed by atoms with Gasteiger partial charge in [-0.2, -0.15) is 0 Å². The molecule has 0 radical (unpaired) electrons. The number of anilines is 6. The molecule has 1 aromatic heterocycles. The first kappa shape index (κ1) is 43.3. The Balaban J connectivity index is 1.11. The molecule has 0 aliphatic carbocycles. The van der Waals surface area contributed by atoms with Gasteiger partial charge in [0.1, 0.15) is 5.82 Å². The molecular formula is C70H49N3Si. The van der Waals surface area contributed by atoms with E-state index in [1.54, 1.807) is 0 Å². The van der Waals surface area contributed by atoms with E-state index in [4.69, 9.17) is 0 Å². The molecule has 2 heterocycles. The van der Waals surface area contributed by atoms with Crippen molar-refractivity contribution in [3.05, 3.63) is 297 Å². The molecule has 14 rings (SSSR count). The number of hydrogen-bond donors (Lipinski definition) is 0. The summed E-state index contributed by atoms with van der Waals surface area (Å²) in [4.78, 5) is 5.06. The predicted octanol–water partition coefficient (Wildman–Crippen LogP) is 15.9. The fourth-order valence-electron chi connectivity index (χ4n) is 12.1. The lowest BCUT2D eigenvalue weighted by Crippen LogP contribution is -2.77. The van der Waals surface area contributed by atoms with Gasteiger partial charge in [-0.05, 0) is 126 Å². The third-order valence-corrected chi connectivity index (χ3v) is 20.1. The molecule has 13 aromatic rings. The van der Waals surface area contributed by atoms with Crippen molar-refractivity contribution in [2.75, 3.05) is 9.80 Å². The number of aromatic nitrogens is 1. The maximum absolute atomic E-state index is 3.25. The minimum absolute atomic E-state index is 1.07. The summed E-state index contributed by atoms with van der Waals surface area (Å²) in [5.74, 6) is 1.15. The molecule has 348 valence electrons. The van der Waals surface area contributed by atoms with Gasteiger partial charge in [0.2, 0.25) is 0 Å². The van der Waals surface area contributed by atoms with E-state index >= 15 is 0 Å². The van der Waals surface area contributed by atoms with Crippen molar-refractivity contribution in [1.29, 1.82) is 0 Å². The lowest BCUT2D eigenvalue weighted by Gasteiger charge is -2.44. The van der Waals surface area contributed by atoms with Crippen LogP contribution in [0.5, 0.6) is 0 Å². The molecule has 0 saturated carbocycles. The summed E-state index contributed by atoms with van der Waals surface area (Å²) >= 11 is 0. The van der Waals surface area contributed by atoms with Crippen molar-refractivity contribution in [3.63, 3.8) is 0 Å². The molecule has 0 fully saturated rings. The zero-order valence-electron chi connectivity index (χ0n) is 40.6. The average molecular weight is 960 g/mol. The van der Waals surface area contributed by atoms with Gasteiger partial charge in [-0.25, -0.2) is 0 Å². The highest BCUT2D eigenvalue weighted by molar-refractivity contribution is 7.22. The second kappa shape index (κ2) is 18.0. The van der Waals surface area contributed by atoms with Crippen molar-refractivity contribution in [2.45, 2.75) is 0 Å². The Labute approximate surface area is 432 Å². The first-order chi connectivity index (χ1) is 36.8. The van der Waals surface area contributed by atoms with Crippen LogP contribution in [0.4, 0.5) is 34.3 Å². The zero-order chi connectivity index (χ0) is 49.0. The van der Waals surface area contributed by atoms with Gasteiger partial charge >= 0.3 is 0 Å². The van der Waals surface area contributed by atoms with Crippen LogP contribution < -0.4 is 30.5 Å². The molecule has 74 heavy (non-hydrogen) atoms. The Morgan fingerprint density at radius 1 is 0.338 bits per heavy atom. The lowest BCUT2D eigenvalue weighted by molar-refractivity contribution is 1.08. The van der Waals surface area contributed by atoms with Crippen molar-refractivity contribution in [2.24, 2.45) is 0 Å². The van der Waals surface area contributed by atoms with E-state index in [-0.39, 0.29) is 0 Å². The van der Waals surface area contributed by atoms with E-state index < -0.39 is 8.07 Å². The van der Waals surface area contributed by atoms with Crippen LogP contribution in [0.2, 0.25) is 0 Å². The Hall–Kier alpha value is -9.48. The van der Waals surface area contributed by atoms with Crippen LogP contribution in [0.1, 0.15) is 0 Å². The van der Waals surface area contributed by atoms with Crippen molar-refractivity contribution in [3.8, 4) is 27.9 Å². The summed E-state index contributed by atoms with van der Waals surface area (Å²) in [6, 6.07) is 110. The number of hydrogen-bond acceptors (Lipinski definition) is 2. The molecule has 0 amide bonds. The number of nitrogens with zero attached hydrogens (tertiary/aromatic N) is 3. The minimum Gasteiger partial charge on any atom is -0.310 e. The molecular weight excluding hydrogens is 911 g/mol. The van der Waals surface area contributed by atoms with Crippen LogP contribution in [0.3, 0.4) is 0 Å². The summed E-state index contributed by atoms with van der Waals surface area (Å²) in [6.07, 6.45) is 0. The summed E-state index contributed by atoms with van der Waals surface area (Å²) in [7, 11) is -3.25. The van der Waals surface area contributed by atoms with Crippen LogP contribution in [-0.4, -0.2) is 12.6 Å². The number of benzene rings is 12. The molecule has 0 saturated heterocycles. The van der Waals surface area contributed by atoms with Crippen molar-refractivity contribution < 1.29 is 0 Å². The maximum atomic E-state index is 2.55. The predicted molar refractivity (Wildman–Crippen MR) is 316 cm³/mol. The van der Waals surface area contributed by atoms with Gasteiger partial charge in [0.05, 0.1) is 11.2 Å². The average Bonchev–Trinajstić information content (AvgIpc) is 3.99. The quantitative estimate of drug-likeness (QED) is 0.134. The van der Waals surface area contributed by atoms with Gasteiger partial charge in [-0.3, -0.25) is 9.47 Å². The summed E-state index contributed by atoms with van der Waals surface area (Å²) in [5, 5.41) is 11.5. The molecule has 0 spiro atoms. The highest BCUT2D eigenvalue weighted by Crippen LogP contribution is 2.48. The van der Waals surface area contributed by atoms with Crippen molar-refractivity contribution in [1.82, 2.24) is 4.57 Å². The van der Waals surface area contributed by atoms with E-state index in [9.17, 15) is 0 Å². The van der Waals surface area contributed by atoms with Gasteiger partial charge < -0.3 is 4.90 Å². The Bertz CT molecular complexity index is 4000. The van der Waals surface area contributed by atoms with Gasteiger partial charge in [0.15, 0.2) is 8.07 Å². The first-order valence-electron chi connectivity index (χ1n) is 25.5. The second-order valence-corrected chi connectivity index (χ2v) is 22.9. The number of rotatable bonds is 9. The van der Waals surface area contributed by atoms with E-state index in [1.807, 2.05) is 0 Å². The first-order valence-corrected chi connectivity index (χ1v) is 27.5. The fraction of sp³-hybridized carbons (Fsp3) is 0. The smallest absolute Gasteiger partial charge is 0.187 e. The monoisotopic (exact) mass is 959 g/mol. The van der Waals surface area contributed by atoms with E-state index in [0.29, 0.717) is 0 Å². The molecule has 0 atom stereocenters. The van der Waals surface area contributed by atoms with Gasteiger partial charge in [-0.15, -0.1) is 0 Å². The summed E-state index contributed by atoms with van der Waals surface area (Å²) < 4.78 is 2.55. The van der Waals surface area contributed by atoms with Gasteiger partial charge in [0, 0.05) is 39.0 Å². The molecule has 1 aliphatic heterocycles. The van der Waals surface area contributed by atoms with E-state index in [1.165, 1.54) is 75.6 Å². The molecule has 12 aromatic carbocycles. The highest BCUT2D eigenvalue weighted by atomic mass is 28.3. The Morgan fingerprint density at radius 2 is 0.784 bits per heavy atom. The molecule has 1 aliphatic rings. The summed E-state index contributed by atoms with van der Waals surface area (Å²) in [6.45, 7) is 0. The van der Waals surface area contributed by atoms with E-state index in [2.05, 4.69) is 312 Å². The third-order valence-electron chi connectivity index (χ3n) is 15.2. The number of fused-ring (bicyclic) bond motifs is 6. The van der Waals surface area contributed by atoms with Crippen molar-refractivity contribution >= 4 is 95.5 Å². The fourth-order valence-corrected chi connectivity index (χ4v) is 17.4. The van der Waals surface area contributed by atoms with Crippen LogP contribution in [0.25, 0.3) is 60.4 Å². The Morgan fingerprint density at radius 3 is 1.34 bits per heavy atom. The zero-order valence-corrected chi connectivity index (χ0v) is 41.6. The molecule has 0 unspecified atom stereocenters. The van der Waals surface area contributed by atoms with Crippen LogP contribution in [0, 0.1) is 0 Å². The standard InChI is InChI=1S/C70H49N3Si/c1-5-26-54(27-6-1)72-64-38-17-18-41-67(64)74(58-30-9-3-10-31-58,59-32-11-4-12-33-59)69-68-65(39-21-40-66(68)73(70(69)72)55-28-7-2-8-29-55)71(56-46-42-52(43-47-56)62-36-19-24-50-22-13-15-34-60(50)62)57-48-44-53(45-49-57)63-37-20-25-51-23-14-16-35-61(51)63/h1-49H. The molecule has 3 nitrogen and oxygen atoms in total.